The van der Waals surface area contributed by atoms with Gasteiger partial charge in [-0.1, -0.05) is 28.1 Å². The predicted molar refractivity (Wildman–Crippen MR) is 79.2 cm³/mol. The molecule has 104 valence electrons. The summed E-state index contributed by atoms with van der Waals surface area (Å²) in [5.41, 5.74) is 0.979. The smallest absolute Gasteiger partial charge is 0.292 e. The number of nitrogens with zero attached hydrogens (tertiary/aromatic N) is 1. The molecule has 1 N–H and O–H groups in total. The van der Waals surface area contributed by atoms with E-state index in [4.69, 9.17) is 0 Å². The Morgan fingerprint density at radius 2 is 1.90 bits per heavy atom. The Labute approximate surface area is 123 Å². The van der Waals surface area contributed by atoms with Crippen LogP contribution in [0.25, 0.3) is 0 Å². The van der Waals surface area contributed by atoms with E-state index in [9.17, 15) is 14.5 Å². The summed E-state index contributed by atoms with van der Waals surface area (Å²) in [7, 11) is 0. The first-order valence-corrected chi connectivity index (χ1v) is 6.72. The Morgan fingerprint density at radius 1 is 1.25 bits per heavy atom. The van der Waals surface area contributed by atoms with Crippen molar-refractivity contribution in [2.24, 2.45) is 0 Å². The fourth-order valence-corrected chi connectivity index (χ4v) is 2.12. The molecule has 0 aromatic heterocycles. The lowest BCUT2D eigenvalue weighted by Gasteiger charge is -2.16. The van der Waals surface area contributed by atoms with Crippen molar-refractivity contribution in [1.82, 2.24) is 0 Å². The molecule has 0 radical (unpaired) electrons. The molecule has 1 unspecified atom stereocenters. The van der Waals surface area contributed by atoms with Gasteiger partial charge in [0.1, 0.15) is 11.5 Å². The van der Waals surface area contributed by atoms with Crippen molar-refractivity contribution in [2.45, 2.75) is 13.0 Å². The van der Waals surface area contributed by atoms with Crippen LogP contribution in [0.4, 0.5) is 15.8 Å². The standard InChI is InChI=1S/C14H12BrFN2O2/c1-9(10-2-4-11(15)5-3-10)17-13-8-12(16)6-7-14(13)18(19)20/h2-9,17H,1H3. The average molecular weight is 339 g/mol. The fraction of sp³-hybridized carbons (Fsp3) is 0.143. The normalized spacial score (nSPS) is 11.9. The number of nitro groups is 1. The Hall–Kier alpha value is -1.95. The lowest BCUT2D eigenvalue weighted by molar-refractivity contribution is -0.384. The summed E-state index contributed by atoms with van der Waals surface area (Å²) in [5, 5.41) is 13.9. The van der Waals surface area contributed by atoms with E-state index in [1.54, 1.807) is 0 Å². The van der Waals surface area contributed by atoms with E-state index >= 15 is 0 Å². The highest BCUT2D eigenvalue weighted by Gasteiger charge is 2.16. The average Bonchev–Trinajstić information content (AvgIpc) is 2.39. The Bertz CT molecular complexity index is 632. The molecule has 0 saturated carbocycles. The molecule has 6 heteroatoms. The second-order valence-corrected chi connectivity index (χ2v) is 5.25. The molecule has 0 aliphatic rings. The van der Waals surface area contributed by atoms with E-state index < -0.39 is 10.7 Å². The van der Waals surface area contributed by atoms with Gasteiger partial charge in [0, 0.05) is 22.6 Å². The van der Waals surface area contributed by atoms with Crippen molar-refractivity contribution >= 4 is 27.3 Å². The van der Waals surface area contributed by atoms with Crippen LogP contribution < -0.4 is 5.32 Å². The highest BCUT2D eigenvalue weighted by atomic mass is 79.9. The van der Waals surface area contributed by atoms with Gasteiger partial charge in [-0.15, -0.1) is 0 Å². The third kappa shape index (κ3) is 3.33. The number of halogens is 2. The van der Waals surface area contributed by atoms with Crippen molar-refractivity contribution in [2.75, 3.05) is 5.32 Å². The van der Waals surface area contributed by atoms with Crippen molar-refractivity contribution in [1.29, 1.82) is 0 Å². The first-order valence-electron chi connectivity index (χ1n) is 5.93. The molecule has 4 nitrogen and oxygen atoms in total. The molecule has 0 bridgehead atoms. The maximum absolute atomic E-state index is 13.2. The molecule has 2 aromatic rings. The summed E-state index contributed by atoms with van der Waals surface area (Å²) < 4.78 is 14.2. The van der Waals surface area contributed by atoms with Gasteiger partial charge in [-0.25, -0.2) is 4.39 Å². The number of anilines is 1. The quantitative estimate of drug-likeness (QED) is 0.651. The molecule has 1 atom stereocenters. The summed E-state index contributed by atoms with van der Waals surface area (Å²) >= 11 is 3.34. The highest BCUT2D eigenvalue weighted by Crippen LogP contribution is 2.29. The molecular weight excluding hydrogens is 327 g/mol. The predicted octanol–water partition coefficient (Wildman–Crippen LogP) is 4.67. The van der Waals surface area contributed by atoms with Crippen LogP contribution in [0.2, 0.25) is 0 Å². The topological polar surface area (TPSA) is 55.2 Å². The Kier molecular flexibility index (Phi) is 4.34. The van der Waals surface area contributed by atoms with Crippen LogP contribution in [0.15, 0.2) is 46.9 Å². The number of benzene rings is 2. The van der Waals surface area contributed by atoms with Gasteiger partial charge >= 0.3 is 0 Å². The second kappa shape index (κ2) is 6.00. The third-order valence-electron chi connectivity index (χ3n) is 2.90. The first kappa shape index (κ1) is 14.5. The van der Waals surface area contributed by atoms with Crippen LogP contribution in [0.3, 0.4) is 0 Å². The summed E-state index contributed by atoms with van der Waals surface area (Å²) in [5.74, 6) is -0.513. The largest absolute Gasteiger partial charge is 0.373 e. The van der Waals surface area contributed by atoms with E-state index in [2.05, 4.69) is 21.2 Å². The van der Waals surface area contributed by atoms with E-state index in [-0.39, 0.29) is 17.4 Å². The summed E-state index contributed by atoms with van der Waals surface area (Å²) in [6.45, 7) is 1.86. The fourth-order valence-electron chi connectivity index (χ4n) is 1.85. The van der Waals surface area contributed by atoms with Crippen molar-refractivity contribution < 1.29 is 9.31 Å². The first-order chi connectivity index (χ1) is 9.47. The summed E-state index contributed by atoms with van der Waals surface area (Å²) in [6, 6.07) is 10.7. The zero-order valence-corrected chi connectivity index (χ0v) is 12.2. The van der Waals surface area contributed by atoms with Gasteiger partial charge in [0.15, 0.2) is 0 Å². The number of hydrogen-bond donors (Lipinski definition) is 1. The minimum atomic E-state index is -0.532. The molecule has 20 heavy (non-hydrogen) atoms. The molecule has 0 aliphatic heterocycles. The van der Waals surface area contributed by atoms with Gasteiger partial charge in [0.2, 0.25) is 0 Å². The minimum absolute atomic E-state index is 0.143. The summed E-state index contributed by atoms with van der Waals surface area (Å²) in [4.78, 5) is 10.4. The van der Waals surface area contributed by atoms with Crippen molar-refractivity contribution in [3.8, 4) is 0 Å². The molecule has 0 spiro atoms. The highest BCUT2D eigenvalue weighted by molar-refractivity contribution is 9.10. The van der Waals surface area contributed by atoms with Gasteiger partial charge in [0.25, 0.3) is 5.69 Å². The van der Waals surface area contributed by atoms with Gasteiger partial charge in [-0.05, 0) is 30.7 Å². The van der Waals surface area contributed by atoms with Gasteiger partial charge in [-0.2, -0.15) is 0 Å². The molecule has 0 aliphatic carbocycles. The molecule has 0 amide bonds. The van der Waals surface area contributed by atoms with E-state index in [1.165, 1.54) is 0 Å². The SMILES string of the molecule is CC(Nc1cc(F)ccc1[N+](=O)[O-])c1ccc(Br)cc1. The van der Waals surface area contributed by atoms with Gasteiger partial charge in [-0.3, -0.25) is 10.1 Å². The minimum Gasteiger partial charge on any atom is -0.373 e. The molecule has 2 rings (SSSR count). The summed E-state index contributed by atoms with van der Waals surface area (Å²) in [6.07, 6.45) is 0. The molecule has 2 aromatic carbocycles. The van der Waals surface area contributed by atoms with Crippen LogP contribution in [-0.4, -0.2) is 4.92 Å². The number of hydrogen-bond acceptors (Lipinski definition) is 3. The van der Waals surface area contributed by atoms with Crippen molar-refractivity contribution in [3.63, 3.8) is 0 Å². The van der Waals surface area contributed by atoms with Gasteiger partial charge < -0.3 is 5.32 Å². The molecule has 0 fully saturated rings. The van der Waals surface area contributed by atoms with E-state index in [0.717, 1.165) is 28.2 Å². The van der Waals surface area contributed by atoms with Crippen LogP contribution in [-0.2, 0) is 0 Å². The van der Waals surface area contributed by atoms with Crippen molar-refractivity contribution in [3.05, 3.63) is 68.4 Å². The van der Waals surface area contributed by atoms with Crippen LogP contribution in [0.5, 0.6) is 0 Å². The zero-order chi connectivity index (χ0) is 14.7. The maximum Gasteiger partial charge on any atom is 0.292 e. The Balaban J connectivity index is 2.27. The second-order valence-electron chi connectivity index (χ2n) is 4.34. The third-order valence-corrected chi connectivity index (χ3v) is 3.43. The molecule has 0 saturated heterocycles. The lowest BCUT2D eigenvalue weighted by atomic mass is 10.1. The number of nitrogens with one attached hydrogen (secondary N) is 1. The number of rotatable bonds is 4. The zero-order valence-electron chi connectivity index (χ0n) is 10.6. The van der Waals surface area contributed by atoms with Crippen LogP contribution in [0.1, 0.15) is 18.5 Å². The Morgan fingerprint density at radius 3 is 2.50 bits per heavy atom. The lowest BCUT2D eigenvalue weighted by Crippen LogP contribution is -2.08. The number of nitro benzene ring substituents is 1. The maximum atomic E-state index is 13.2. The van der Waals surface area contributed by atoms with Crippen LogP contribution >= 0.6 is 15.9 Å². The van der Waals surface area contributed by atoms with Crippen LogP contribution in [0, 0.1) is 15.9 Å². The van der Waals surface area contributed by atoms with Gasteiger partial charge in [0.05, 0.1) is 4.92 Å². The monoisotopic (exact) mass is 338 g/mol. The molecule has 0 heterocycles. The molecular formula is C14H12BrFN2O2. The van der Waals surface area contributed by atoms with E-state index in [1.807, 2.05) is 31.2 Å². The van der Waals surface area contributed by atoms with E-state index in [0.29, 0.717) is 0 Å².